The predicted octanol–water partition coefficient (Wildman–Crippen LogP) is 3.20. The van der Waals surface area contributed by atoms with Crippen LogP contribution in [-0.4, -0.2) is 29.4 Å². The van der Waals surface area contributed by atoms with Crippen LogP contribution in [0.2, 0.25) is 0 Å². The minimum absolute atomic E-state index is 0.0745. The Kier molecular flexibility index (Phi) is 4.84. The van der Waals surface area contributed by atoms with E-state index in [0.29, 0.717) is 24.4 Å². The Morgan fingerprint density at radius 3 is 2.52 bits per heavy atom. The molecule has 0 saturated heterocycles. The Labute approximate surface area is 145 Å². The quantitative estimate of drug-likeness (QED) is 0.778. The van der Waals surface area contributed by atoms with Crippen LogP contribution in [0.4, 0.5) is 0 Å². The molecule has 25 heavy (non-hydrogen) atoms. The summed E-state index contributed by atoms with van der Waals surface area (Å²) < 4.78 is 5.13. The maximum atomic E-state index is 12.8. The molecule has 1 amide bonds. The van der Waals surface area contributed by atoms with Crippen molar-refractivity contribution in [2.45, 2.75) is 13.5 Å². The molecule has 5 nitrogen and oxygen atoms in total. The third-order valence-corrected chi connectivity index (χ3v) is 4.20. The second-order valence-corrected chi connectivity index (χ2v) is 5.75. The van der Waals surface area contributed by atoms with E-state index in [1.807, 2.05) is 31.2 Å². The smallest absolute Gasteiger partial charge is 0.254 e. The third-order valence-electron chi connectivity index (χ3n) is 4.20. The number of hydrogen-bond donors (Lipinski definition) is 1. The highest BCUT2D eigenvalue weighted by Gasteiger charge is 2.16. The molecule has 0 radical (unpaired) electrons. The van der Waals surface area contributed by atoms with Gasteiger partial charge in [-0.2, -0.15) is 0 Å². The van der Waals surface area contributed by atoms with Gasteiger partial charge in [-0.1, -0.05) is 18.2 Å². The van der Waals surface area contributed by atoms with E-state index >= 15 is 0 Å². The van der Waals surface area contributed by atoms with Gasteiger partial charge in [0.2, 0.25) is 5.56 Å². The van der Waals surface area contributed by atoms with Crippen LogP contribution in [0.3, 0.4) is 0 Å². The first-order valence-electron chi connectivity index (χ1n) is 8.16. The lowest BCUT2D eigenvalue weighted by Gasteiger charge is -2.22. The molecule has 0 bridgehead atoms. The number of carbonyl (C=O) groups excluding carboxylic acids is 1. The number of benzene rings is 2. The zero-order valence-electron chi connectivity index (χ0n) is 14.3. The Balaban J connectivity index is 1.91. The number of ether oxygens (including phenoxy) is 1. The fourth-order valence-electron chi connectivity index (χ4n) is 2.86. The van der Waals surface area contributed by atoms with Crippen molar-refractivity contribution < 1.29 is 9.53 Å². The summed E-state index contributed by atoms with van der Waals surface area (Å²) in [5.74, 6) is 0.634. The molecule has 0 aliphatic heterocycles. The highest BCUT2D eigenvalue weighted by molar-refractivity contribution is 5.94. The number of aromatic amines is 1. The molecule has 0 aliphatic carbocycles. The van der Waals surface area contributed by atoms with Gasteiger partial charge in [0.1, 0.15) is 5.75 Å². The zero-order valence-corrected chi connectivity index (χ0v) is 14.3. The first-order chi connectivity index (χ1) is 12.1. The zero-order chi connectivity index (χ0) is 17.8. The molecule has 0 aliphatic rings. The Morgan fingerprint density at radius 1 is 1.12 bits per heavy atom. The van der Waals surface area contributed by atoms with Crippen molar-refractivity contribution in [3.63, 3.8) is 0 Å². The summed E-state index contributed by atoms with van der Waals surface area (Å²) in [7, 11) is 1.59. The Bertz CT molecular complexity index is 945. The van der Waals surface area contributed by atoms with Gasteiger partial charge in [0.05, 0.1) is 7.11 Å². The fourth-order valence-corrected chi connectivity index (χ4v) is 2.86. The molecule has 5 heteroatoms. The molecule has 2 aromatic carbocycles. The number of rotatable bonds is 5. The maximum absolute atomic E-state index is 12.8. The number of amides is 1. The van der Waals surface area contributed by atoms with Crippen LogP contribution in [0.15, 0.2) is 59.4 Å². The Hall–Kier alpha value is -3.08. The van der Waals surface area contributed by atoms with Crippen molar-refractivity contribution in [2.75, 3.05) is 13.7 Å². The van der Waals surface area contributed by atoms with E-state index in [2.05, 4.69) is 4.98 Å². The molecule has 1 N–H and O–H groups in total. The summed E-state index contributed by atoms with van der Waals surface area (Å²) in [6, 6.07) is 16.2. The van der Waals surface area contributed by atoms with Crippen molar-refractivity contribution in [1.82, 2.24) is 9.88 Å². The number of H-pyrrole nitrogens is 1. The monoisotopic (exact) mass is 336 g/mol. The third kappa shape index (κ3) is 3.55. The number of para-hydroxylation sites is 1. The van der Waals surface area contributed by atoms with Gasteiger partial charge in [0.15, 0.2) is 0 Å². The molecule has 0 fully saturated rings. The molecule has 0 spiro atoms. The van der Waals surface area contributed by atoms with E-state index in [-0.39, 0.29) is 11.5 Å². The van der Waals surface area contributed by atoms with Crippen LogP contribution in [0.1, 0.15) is 22.8 Å². The number of carbonyl (C=O) groups is 1. The minimum Gasteiger partial charge on any atom is -0.497 e. The molecule has 3 rings (SSSR count). The average Bonchev–Trinajstić information content (AvgIpc) is 2.65. The average molecular weight is 336 g/mol. The first-order valence-corrected chi connectivity index (χ1v) is 8.16. The lowest BCUT2D eigenvalue weighted by molar-refractivity contribution is 0.0753. The second kappa shape index (κ2) is 7.21. The summed E-state index contributed by atoms with van der Waals surface area (Å²) in [6.45, 7) is 2.86. The van der Waals surface area contributed by atoms with Gasteiger partial charge < -0.3 is 14.6 Å². The largest absolute Gasteiger partial charge is 0.497 e. The number of nitrogens with zero attached hydrogens (tertiary/aromatic N) is 1. The molecule has 3 aromatic rings. The Morgan fingerprint density at radius 2 is 1.84 bits per heavy atom. The lowest BCUT2D eigenvalue weighted by atomic mass is 10.1. The fraction of sp³-hybridized carbons (Fsp3) is 0.200. The summed E-state index contributed by atoms with van der Waals surface area (Å²) >= 11 is 0. The van der Waals surface area contributed by atoms with Crippen LogP contribution in [0.5, 0.6) is 5.75 Å². The van der Waals surface area contributed by atoms with Gasteiger partial charge in [-0.05, 0) is 42.8 Å². The molecule has 1 aromatic heterocycles. The SMILES string of the molecule is CCN(Cc1cc(=O)[nH]c2ccccc12)C(=O)c1ccc(OC)cc1. The van der Waals surface area contributed by atoms with Crippen molar-refractivity contribution in [2.24, 2.45) is 0 Å². The molecule has 0 saturated carbocycles. The van der Waals surface area contributed by atoms with Crippen LogP contribution >= 0.6 is 0 Å². The topological polar surface area (TPSA) is 62.4 Å². The normalized spacial score (nSPS) is 10.6. The van der Waals surface area contributed by atoms with Gasteiger partial charge in [-0.15, -0.1) is 0 Å². The molecular weight excluding hydrogens is 316 g/mol. The summed E-state index contributed by atoms with van der Waals surface area (Å²) in [5, 5.41) is 0.947. The van der Waals surface area contributed by atoms with E-state index < -0.39 is 0 Å². The van der Waals surface area contributed by atoms with Crippen molar-refractivity contribution >= 4 is 16.8 Å². The first kappa shape index (κ1) is 16.8. The lowest BCUT2D eigenvalue weighted by Crippen LogP contribution is -2.30. The van der Waals surface area contributed by atoms with E-state index in [9.17, 15) is 9.59 Å². The van der Waals surface area contributed by atoms with E-state index in [4.69, 9.17) is 4.74 Å². The highest BCUT2D eigenvalue weighted by Crippen LogP contribution is 2.18. The number of fused-ring (bicyclic) bond motifs is 1. The number of hydrogen-bond acceptors (Lipinski definition) is 3. The molecule has 128 valence electrons. The maximum Gasteiger partial charge on any atom is 0.254 e. The standard InChI is InChI=1S/C20H20N2O3/c1-3-22(20(24)14-8-10-16(25-2)11-9-14)13-15-12-19(23)21-18-7-5-4-6-17(15)18/h4-12H,3,13H2,1-2H3,(H,21,23). The van der Waals surface area contributed by atoms with E-state index in [1.54, 1.807) is 42.3 Å². The van der Waals surface area contributed by atoms with E-state index in [1.165, 1.54) is 0 Å². The van der Waals surface area contributed by atoms with Gasteiger partial charge in [0.25, 0.3) is 5.91 Å². The second-order valence-electron chi connectivity index (χ2n) is 5.75. The van der Waals surface area contributed by atoms with Crippen LogP contribution in [0, 0.1) is 0 Å². The van der Waals surface area contributed by atoms with Crippen molar-refractivity contribution in [1.29, 1.82) is 0 Å². The highest BCUT2D eigenvalue weighted by atomic mass is 16.5. The summed E-state index contributed by atoms with van der Waals surface area (Å²) in [5.41, 5.74) is 2.04. The van der Waals surface area contributed by atoms with E-state index in [0.717, 1.165) is 16.5 Å². The van der Waals surface area contributed by atoms with Crippen molar-refractivity contribution in [3.8, 4) is 5.75 Å². The number of nitrogens with one attached hydrogen (secondary N) is 1. The molecule has 0 unspecified atom stereocenters. The van der Waals surface area contributed by atoms with Gasteiger partial charge in [-0.3, -0.25) is 9.59 Å². The molecule has 0 atom stereocenters. The number of methoxy groups -OCH3 is 1. The minimum atomic E-state index is -0.165. The predicted molar refractivity (Wildman–Crippen MR) is 98.0 cm³/mol. The van der Waals surface area contributed by atoms with Gasteiger partial charge >= 0.3 is 0 Å². The van der Waals surface area contributed by atoms with Gasteiger partial charge in [0, 0.05) is 35.6 Å². The molecule has 1 heterocycles. The number of pyridine rings is 1. The van der Waals surface area contributed by atoms with Crippen molar-refractivity contribution in [3.05, 3.63) is 76.1 Å². The number of aromatic nitrogens is 1. The van der Waals surface area contributed by atoms with Crippen LogP contribution in [-0.2, 0) is 6.54 Å². The molecular formula is C20H20N2O3. The van der Waals surface area contributed by atoms with Gasteiger partial charge in [-0.25, -0.2) is 0 Å². The van der Waals surface area contributed by atoms with Crippen LogP contribution in [0.25, 0.3) is 10.9 Å². The summed E-state index contributed by atoms with van der Waals surface area (Å²) in [4.78, 5) is 29.3. The summed E-state index contributed by atoms with van der Waals surface area (Å²) in [6.07, 6.45) is 0. The van der Waals surface area contributed by atoms with Crippen LogP contribution < -0.4 is 10.3 Å².